The molecule has 0 aliphatic rings. The third-order valence-electron chi connectivity index (χ3n) is 2.96. The van der Waals surface area contributed by atoms with Crippen LogP contribution < -0.4 is 5.32 Å². The van der Waals surface area contributed by atoms with Gasteiger partial charge in [0.2, 0.25) is 0 Å². The average Bonchev–Trinajstić information content (AvgIpc) is 2.99. The smallest absolute Gasteiger partial charge is 0.408 e. The number of alkyl carbamates (subject to hydrolysis) is 1. The van der Waals surface area contributed by atoms with Crippen LogP contribution in [0.4, 0.5) is 4.79 Å². The molecule has 0 radical (unpaired) electrons. The molecule has 0 fully saturated rings. The van der Waals surface area contributed by atoms with Crippen molar-refractivity contribution in [2.45, 2.75) is 32.9 Å². The molecule has 1 N–H and O–H groups in total. The lowest BCUT2D eigenvalue weighted by atomic mass is 10.0. The van der Waals surface area contributed by atoms with Crippen LogP contribution in [0.5, 0.6) is 0 Å². The fourth-order valence-electron chi connectivity index (χ4n) is 2.01. The minimum absolute atomic E-state index is 0.0896. The number of ether oxygens (including phenoxy) is 1. The largest absolute Gasteiger partial charge is 0.445 e. The van der Waals surface area contributed by atoms with E-state index in [1.165, 1.54) is 0 Å². The van der Waals surface area contributed by atoms with Crippen molar-refractivity contribution in [2.24, 2.45) is 5.92 Å². The third-order valence-corrected chi connectivity index (χ3v) is 3.85. The van der Waals surface area contributed by atoms with E-state index in [9.17, 15) is 4.79 Å². The highest BCUT2D eigenvalue weighted by Gasteiger charge is 2.19. The molecule has 0 spiro atoms. The van der Waals surface area contributed by atoms with Crippen LogP contribution in [-0.2, 0) is 11.3 Å². The van der Waals surface area contributed by atoms with Crippen molar-refractivity contribution in [2.75, 3.05) is 0 Å². The summed E-state index contributed by atoms with van der Waals surface area (Å²) < 4.78 is 5.26. The lowest BCUT2D eigenvalue weighted by molar-refractivity contribution is 0.134. The Bertz CT molecular complexity index is 541. The van der Waals surface area contributed by atoms with Crippen LogP contribution >= 0.6 is 11.3 Å². The molecule has 0 saturated carbocycles. The average molecular weight is 304 g/mol. The van der Waals surface area contributed by atoms with Gasteiger partial charge in [0.25, 0.3) is 0 Å². The van der Waals surface area contributed by atoms with Crippen LogP contribution in [0.15, 0.2) is 41.9 Å². The molecule has 112 valence electrons. The molecule has 0 saturated heterocycles. The third kappa shape index (κ3) is 5.19. The van der Waals surface area contributed by atoms with Crippen LogP contribution in [-0.4, -0.2) is 11.1 Å². The summed E-state index contributed by atoms with van der Waals surface area (Å²) in [4.78, 5) is 16.2. The molecule has 1 heterocycles. The number of benzene rings is 1. The van der Waals surface area contributed by atoms with Crippen LogP contribution in [0, 0.1) is 5.92 Å². The van der Waals surface area contributed by atoms with Crippen molar-refractivity contribution in [1.82, 2.24) is 10.3 Å². The summed E-state index contributed by atoms with van der Waals surface area (Å²) in [5.74, 6) is 0.466. The van der Waals surface area contributed by atoms with Crippen LogP contribution in [0.3, 0.4) is 0 Å². The number of nitrogens with zero attached hydrogens (tertiary/aromatic N) is 1. The monoisotopic (exact) mass is 304 g/mol. The Kier molecular flexibility index (Phi) is 5.75. The SMILES string of the molecule is CC(C)CC(NC(=O)OCc1ccccc1)c1nccs1. The predicted molar refractivity (Wildman–Crippen MR) is 84.1 cm³/mol. The second-order valence-corrected chi connectivity index (χ2v) is 6.18. The Labute approximate surface area is 129 Å². The summed E-state index contributed by atoms with van der Waals surface area (Å²) in [6, 6.07) is 9.55. The van der Waals surface area contributed by atoms with E-state index in [-0.39, 0.29) is 12.6 Å². The first-order valence-corrected chi connectivity index (χ1v) is 7.89. The van der Waals surface area contributed by atoms with Crippen molar-refractivity contribution in [3.63, 3.8) is 0 Å². The number of hydrogen-bond acceptors (Lipinski definition) is 4. The molecule has 1 amide bonds. The number of rotatable bonds is 6. The molecule has 2 aromatic rings. The fourth-order valence-corrected chi connectivity index (χ4v) is 2.71. The van der Waals surface area contributed by atoms with E-state index in [4.69, 9.17) is 4.74 Å². The minimum atomic E-state index is -0.403. The first-order chi connectivity index (χ1) is 10.1. The summed E-state index contributed by atoms with van der Waals surface area (Å²) in [5.41, 5.74) is 0.974. The van der Waals surface area contributed by atoms with Crippen LogP contribution in [0.2, 0.25) is 0 Å². The number of hydrogen-bond donors (Lipinski definition) is 1. The summed E-state index contributed by atoms with van der Waals surface area (Å²) in [7, 11) is 0. The summed E-state index contributed by atoms with van der Waals surface area (Å²) in [6.45, 7) is 4.52. The van der Waals surface area contributed by atoms with Gasteiger partial charge in [-0.2, -0.15) is 0 Å². The standard InChI is InChI=1S/C16H20N2O2S/c1-12(2)10-14(15-17-8-9-21-15)18-16(19)20-11-13-6-4-3-5-7-13/h3-9,12,14H,10-11H2,1-2H3,(H,18,19). The highest BCUT2D eigenvalue weighted by molar-refractivity contribution is 7.09. The second kappa shape index (κ2) is 7.78. The van der Waals surface area contributed by atoms with E-state index in [0.29, 0.717) is 5.92 Å². The normalized spacial score (nSPS) is 12.1. The van der Waals surface area contributed by atoms with Gasteiger partial charge in [-0.05, 0) is 17.9 Å². The number of carbonyl (C=O) groups excluding carboxylic acids is 1. The molecular weight excluding hydrogens is 284 g/mol. The number of aromatic nitrogens is 1. The van der Waals surface area contributed by atoms with Crippen molar-refractivity contribution >= 4 is 17.4 Å². The van der Waals surface area contributed by atoms with E-state index in [0.717, 1.165) is 17.0 Å². The number of amides is 1. The van der Waals surface area contributed by atoms with Gasteiger partial charge in [0.1, 0.15) is 11.6 Å². The quantitative estimate of drug-likeness (QED) is 0.872. The maximum Gasteiger partial charge on any atom is 0.408 e. The molecule has 0 bridgehead atoms. The molecule has 1 aromatic heterocycles. The molecule has 1 aromatic carbocycles. The highest BCUT2D eigenvalue weighted by Crippen LogP contribution is 2.23. The van der Waals surface area contributed by atoms with E-state index in [1.807, 2.05) is 35.7 Å². The molecule has 1 unspecified atom stereocenters. The van der Waals surface area contributed by atoms with Crippen LogP contribution in [0.1, 0.15) is 36.9 Å². The summed E-state index contributed by atoms with van der Waals surface area (Å²) in [5, 5.41) is 5.74. The Morgan fingerprint density at radius 2 is 2.10 bits per heavy atom. The van der Waals surface area contributed by atoms with E-state index in [2.05, 4.69) is 24.1 Å². The molecule has 2 rings (SSSR count). The zero-order chi connectivity index (χ0) is 15.1. The lowest BCUT2D eigenvalue weighted by Gasteiger charge is -2.18. The molecule has 1 atom stereocenters. The topological polar surface area (TPSA) is 51.2 Å². The highest BCUT2D eigenvalue weighted by atomic mass is 32.1. The maximum atomic E-state index is 11.9. The van der Waals surface area contributed by atoms with Crippen molar-refractivity contribution in [3.8, 4) is 0 Å². The fraction of sp³-hybridized carbons (Fsp3) is 0.375. The van der Waals surface area contributed by atoms with Gasteiger partial charge in [0, 0.05) is 11.6 Å². The molecule has 0 aliphatic heterocycles. The van der Waals surface area contributed by atoms with Gasteiger partial charge in [0.15, 0.2) is 0 Å². The first kappa shape index (κ1) is 15.5. The van der Waals surface area contributed by atoms with E-state index in [1.54, 1.807) is 17.5 Å². The number of thiazole rings is 1. The number of nitrogens with one attached hydrogen (secondary N) is 1. The Balaban J connectivity index is 1.89. The van der Waals surface area contributed by atoms with E-state index < -0.39 is 6.09 Å². The Morgan fingerprint density at radius 1 is 1.33 bits per heavy atom. The van der Waals surface area contributed by atoms with Gasteiger partial charge < -0.3 is 10.1 Å². The van der Waals surface area contributed by atoms with Gasteiger partial charge in [-0.1, -0.05) is 44.2 Å². The molecular formula is C16H20N2O2S. The zero-order valence-corrected chi connectivity index (χ0v) is 13.1. The van der Waals surface area contributed by atoms with Gasteiger partial charge >= 0.3 is 6.09 Å². The molecule has 4 nitrogen and oxygen atoms in total. The van der Waals surface area contributed by atoms with Gasteiger partial charge in [-0.25, -0.2) is 9.78 Å². The van der Waals surface area contributed by atoms with Gasteiger partial charge in [-0.15, -0.1) is 11.3 Å². The summed E-state index contributed by atoms with van der Waals surface area (Å²) in [6.07, 6.45) is 2.19. The van der Waals surface area contributed by atoms with Crippen molar-refractivity contribution in [1.29, 1.82) is 0 Å². The van der Waals surface area contributed by atoms with Crippen molar-refractivity contribution < 1.29 is 9.53 Å². The second-order valence-electron chi connectivity index (χ2n) is 5.26. The predicted octanol–water partition coefficient (Wildman–Crippen LogP) is 4.16. The Hall–Kier alpha value is -1.88. The summed E-state index contributed by atoms with van der Waals surface area (Å²) >= 11 is 1.55. The van der Waals surface area contributed by atoms with Gasteiger partial charge in [0.05, 0.1) is 6.04 Å². The molecule has 0 aliphatic carbocycles. The molecule has 5 heteroatoms. The zero-order valence-electron chi connectivity index (χ0n) is 12.3. The van der Waals surface area contributed by atoms with Gasteiger partial charge in [-0.3, -0.25) is 0 Å². The van der Waals surface area contributed by atoms with Crippen molar-refractivity contribution in [3.05, 3.63) is 52.5 Å². The van der Waals surface area contributed by atoms with Crippen LogP contribution in [0.25, 0.3) is 0 Å². The minimum Gasteiger partial charge on any atom is -0.445 e. The lowest BCUT2D eigenvalue weighted by Crippen LogP contribution is -2.30. The van der Waals surface area contributed by atoms with E-state index >= 15 is 0 Å². The first-order valence-electron chi connectivity index (χ1n) is 7.01. The number of carbonyl (C=O) groups is 1. The molecule has 21 heavy (non-hydrogen) atoms. The Morgan fingerprint density at radius 3 is 2.71 bits per heavy atom. The maximum absolute atomic E-state index is 11.9.